The van der Waals surface area contributed by atoms with Crippen molar-refractivity contribution in [3.8, 4) is 16.9 Å². The number of hydrogen-bond donors (Lipinski definition) is 1. The second-order valence-electron chi connectivity index (χ2n) is 3.24. The predicted molar refractivity (Wildman–Crippen MR) is 91.7 cm³/mol. The zero-order chi connectivity index (χ0) is 11.7. The Kier molecular flexibility index (Phi) is 4.33. The number of halogens is 3. The molecule has 0 spiro atoms. The fraction of sp³-hybridized carbons (Fsp3) is 0. The molecule has 0 saturated carbocycles. The summed E-state index contributed by atoms with van der Waals surface area (Å²) in [6.07, 6.45) is 0. The van der Waals surface area contributed by atoms with Crippen LogP contribution in [-0.2, 0) is 0 Å². The Bertz CT molecular complexity index is 524. The topological polar surface area (TPSA) is 20.2 Å². The molecule has 0 radical (unpaired) electrons. The number of hydrogen-bond acceptors (Lipinski definition) is 1. The molecule has 0 aliphatic rings. The van der Waals surface area contributed by atoms with E-state index in [9.17, 15) is 5.11 Å². The van der Waals surface area contributed by atoms with Crippen LogP contribution in [-0.4, -0.2) is 5.11 Å². The number of aromatic hydroxyl groups is 1. The van der Waals surface area contributed by atoms with Gasteiger partial charge in [0.05, 0.1) is 7.14 Å². The standard InChI is InChI=1S/C12H7I3O/c13-8-6-9(14)12(16)11(15)10(8)7-4-2-1-3-5-7/h1-6,16H. The molecule has 0 bridgehead atoms. The van der Waals surface area contributed by atoms with E-state index in [1.54, 1.807) is 0 Å². The Morgan fingerprint density at radius 1 is 0.875 bits per heavy atom. The molecule has 2 aromatic carbocycles. The lowest BCUT2D eigenvalue weighted by molar-refractivity contribution is 0.468. The van der Waals surface area contributed by atoms with E-state index in [1.807, 2.05) is 24.3 Å². The van der Waals surface area contributed by atoms with E-state index in [-0.39, 0.29) is 0 Å². The summed E-state index contributed by atoms with van der Waals surface area (Å²) in [6.45, 7) is 0. The summed E-state index contributed by atoms with van der Waals surface area (Å²) < 4.78 is 2.97. The molecule has 0 aliphatic carbocycles. The van der Waals surface area contributed by atoms with E-state index in [0.29, 0.717) is 5.75 Å². The smallest absolute Gasteiger partial charge is 0.142 e. The molecule has 0 unspecified atom stereocenters. The van der Waals surface area contributed by atoms with E-state index in [0.717, 1.165) is 21.8 Å². The molecule has 0 fully saturated rings. The number of phenolic OH excluding ortho intramolecular Hbond substituents is 1. The molecule has 4 heteroatoms. The minimum atomic E-state index is 0.375. The monoisotopic (exact) mass is 548 g/mol. The minimum Gasteiger partial charge on any atom is -0.506 e. The van der Waals surface area contributed by atoms with Crippen molar-refractivity contribution in [2.45, 2.75) is 0 Å². The molecular formula is C12H7I3O. The molecule has 0 aliphatic heterocycles. The third-order valence-electron chi connectivity index (χ3n) is 2.21. The van der Waals surface area contributed by atoms with Gasteiger partial charge >= 0.3 is 0 Å². The molecule has 0 amide bonds. The highest BCUT2D eigenvalue weighted by atomic mass is 127. The Balaban J connectivity index is 2.71. The summed E-state index contributed by atoms with van der Waals surface area (Å²) in [5.41, 5.74) is 2.25. The summed E-state index contributed by atoms with van der Waals surface area (Å²) in [6, 6.07) is 12.1. The van der Waals surface area contributed by atoms with Crippen molar-refractivity contribution in [3.05, 3.63) is 47.1 Å². The van der Waals surface area contributed by atoms with Crippen LogP contribution in [0.25, 0.3) is 11.1 Å². The summed E-state index contributed by atoms with van der Waals surface area (Å²) in [5.74, 6) is 0.375. The van der Waals surface area contributed by atoms with Crippen LogP contribution < -0.4 is 0 Å². The largest absolute Gasteiger partial charge is 0.506 e. The first kappa shape index (κ1) is 12.9. The SMILES string of the molecule is Oc1c(I)cc(I)c(-c2ccccc2)c1I. The molecule has 82 valence electrons. The highest BCUT2D eigenvalue weighted by molar-refractivity contribution is 14.1. The third-order valence-corrected chi connectivity index (χ3v) is 4.93. The maximum atomic E-state index is 9.95. The van der Waals surface area contributed by atoms with Gasteiger partial charge in [-0.3, -0.25) is 0 Å². The van der Waals surface area contributed by atoms with Crippen molar-refractivity contribution >= 4 is 67.8 Å². The number of benzene rings is 2. The fourth-order valence-electron chi connectivity index (χ4n) is 1.45. The van der Waals surface area contributed by atoms with Crippen molar-refractivity contribution in [3.63, 3.8) is 0 Å². The van der Waals surface area contributed by atoms with Crippen LogP contribution in [0.2, 0.25) is 0 Å². The second-order valence-corrected chi connectivity index (χ2v) is 6.65. The van der Waals surface area contributed by atoms with Gasteiger partial charge in [-0.2, -0.15) is 0 Å². The predicted octanol–water partition coefficient (Wildman–Crippen LogP) is 4.87. The molecule has 1 N–H and O–H groups in total. The van der Waals surface area contributed by atoms with Crippen LogP contribution in [0.15, 0.2) is 36.4 Å². The summed E-state index contributed by atoms with van der Waals surface area (Å²) in [5, 5.41) is 9.95. The van der Waals surface area contributed by atoms with Crippen molar-refractivity contribution in [2.24, 2.45) is 0 Å². The highest BCUT2D eigenvalue weighted by Crippen LogP contribution is 2.38. The van der Waals surface area contributed by atoms with Crippen molar-refractivity contribution < 1.29 is 5.11 Å². The zero-order valence-electron chi connectivity index (χ0n) is 8.05. The maximum absolute atomic E-state index is 9.95. The zero-order valence-corrected chi connectivity index (χ0v) is 14.5. The molecule has 0 atom stereocenters. The maximum Gasteiger partial charge on any atom is 0.142 e. The van der Waals surface area contributed by atoms with Gasteiger partial charge in [0.2, 0.25) is 0 Å². The lowest BCUT2D eigenvalue weighted by Crippen LogP contribution is -1.91. The normalized spacial score (nSPS) is 10.4. The van der Waals surface area contributed by atoms with Crippen molar-refractivity contribution in [1.82, 2.24) is 0 Å². The van der Waals surface area contributed by atoms with Crippen LogP contribution in [0, 0.1) is 10.7 Å². The first-order valence-electron chi connectivity index (χ1n) is 4.53. The van der Waals surface area contributed by atoms with Crippen LogP contribution in [0.3, 0.4) is 0 Å². The molecule has 1 nitrogen and oxygen atoms in total. The van der Waals surface area contributed by atoms with E-state index < -0.39 is 0 Å². The second kappa shape index (κ2) is 5.38. The lowest BCUT2D eigenvalue weighted by Gasteiger charge is -2.10. The minimum absolute atomic E-state index is 0.375. The molecule has 0 heterocycles. The first-order valence-corrected chi connectivity index (χ1v) is 7.76. The van der Waals surface area contributed by atoms with Gasteiger partial charge in [0.1, 0.15) is 5.75 Å². The van der Waals surface area contributed by atoms with Crippen LogP contribution in [0.1, 0.15) is 0 Å². The van der Waals surface area contributed by atoms with Gasteiger partial charge in [-0.25, -0.2) is 0 Å². The Labute approximate surface area is 135 Å². The van der Waals surface area contributed by atoms with Gasteiger partial charge in [0.15, 0.2) is 0 Å². The van der Waals surface area contributed by atoms with Crippen molar-refractivity contribution in [1.29, 1.82) is 0 Å². The highest BCUT2D eigenvalue weighted by Gasteiger charge is 2.14. The quantitative estimate of drug-likeness (QED) is 0.505. The first-order chi connectivity index (χ1) is 7.61. The van der Waals surface area contributed by atoms with Crippen LogP contribution in [0.5, 0.6) is 5.75 Å². The van der Waals surface area contributed by atoms with E-state index in [1.165, 1.54) is 0 Å². The lowest BCUT2D eigenvalue weighted by atomic mass is 10.1. The Morgan fingerprint density at radius 3 is 2.12 bits per heavy atom. The summed E-state index contributed by atoms with van der Waals surface area (Å²) >= 11 is 6.66. The molecular weight excluding hydrogens is 541 g/mol. The Hall–Kier alpha value is 0.430. The van der Waals surface area contributed by atoms with Crippen molar-refractivity contribution in [2.75, 3.05) is 0 Å². The molecule has 16 heavy (non-hydrogen) atoms. The summed E-state index contributed by atoms with van der Waals surface area (Å²) in [4.78, 5) is 0. The number of phenols is 1. The molecule has 2 rings (SSSR count). The van der Waals surface area contributed by atoms with Gasteiger partial charge in [-0.15, -0.1) is 0 Å². The van der Waals surface area contributed by atoms with Gasteiger partial charge < -0.3 is 5.11 Å². The average Bonchev–Trinajstić information content (AvgIpc) is 2.28. The third kappa shape index (κ3) is 2.47. The Morgan fingerprint density at radius 2 is 1.50 bits per heavy atom. The van der Waals surface area contributed by atoms with Gasteiger partial charge in [0, 0.05) is 9.13 Å². The van der Waals surface area contributed by atoms with Crippen LogP contribution >= 0.6 is 67.8 Å². The van der Waals surface area contributed by atoms with Gasteiger partial charge in [0.25, 0.3) is 0 Å². The fourth-order valence-corrected chi connectivity index (χ4v) is 5.44. The average molecular weight is 548 g/mol. The summed E-state index contributed by atoms with van der Waals surface area (Å²) in [7, 11) is 0. The molecule has 0 aromatic heterocycles. The number of rotatable bonds is 1. The van der Waals surface area contributed by atoms with E-state index >= 15 is 0 Å². The van der Waals surface area contributed by atoms with Gasteiger partial charge in [-0.05, 0) is 79.4 Å². The van der Waals surface area contributed by atoms with E-state index in [4.69, 9.17) is 0 Å². The molecule has 2 aromatic rings. The van der Waals surface area contributed by atoms with E-state index in [2.05, 4.69) is 79.9 Å². The van der Waals surface area contributed by atoms with Crippen LogP contribution in [0.4, 0.5) is 0 Å². The molecule has 0 saturated heterocycles. The van der Waals surface area contributed by atoms with Gasteiger partial charge in [-0.1, -0.05) is 30.3 Å².